The van der Waals surface area contributed by atoms with E-state index in [9.17, 15) is 10.1 Å². The Kier molecular flexibility index (Phi) is 6.39. The number of benzene rings is 1. The summed E-state index contributed by atoms with van der Waals surface area (Å²) in [5, 5.41) is 9.38. The van der Waals surface area contributed by atoms with E-state index >= 15 is 0 Å². The first kappa shape index (κ1) is 22.8. The van der Waals surface area contributed by atoms with Crippen LogP contribution in [-0.4, -0.2) is 46.7 Å². The van der Waals surface area contributed by atoms with Gasteiger partial charge in [0, 0.05) is 44.3 Å². The molecular formula is C26H31N5O2. The molecule has 1 aliphatic rings. The first-order chi connectivity index (χ1) is 15.9. The Bertz CT molecular complexity index is 1240. The molecule has 33 heavy (non-hydrogen) atoms. The lowest BCUT2D eigenvalue weighted by Crippen LogP contribution is -2.58. The Morgan fingerprint density at radius 2 is 1.94 bits per heavy atom. The van der Waals surface area contributed by atoms with Crippen LogP contribution < -0.4 is 15.2 Å². The van der Waals surface area contributed by atoms with E-state index in [-0.39, 0.29) is 17.6 Å². The zero-order chi connectivity index (χ0) is 23.7. The van der Waals surface area contributed by atoms with Crippen LogP contribution in [0.2, 0.25) is 0 Å². The van der Waals surface area contributed by atoms with Gasteiger partial charge in [0.05, 0.1) is 18.3 Å². The van der Waals surface area contributed by atoms with E-state index in [0.29, 0.717) is 17.3 Å². The zero-order valence-corrected chi connectivity index (χ0v) is 19.9. The van der Waals surface area contributed by atoms with Crippen molar-refractivity contribution in [1.29, 1.82) is 5.26 Å². The quantitative estimate of drug-likeness (QED) is 0.594. The average molecular weight is 446 g/mol. The number of nitriles is 1. The van der Waals surface area contributed by atoms with Crippen molar-refractivity contribution in [2.45, 2.75) is 45.3 Å². The third-order valence-electron chi connectivity index (χ3n) is 6.94. The molecule has 7 heteroatoms. The molecule has 1 fully saturated rings. The number of ether oxygens (including phenoxy) is 1. The maximum absolute atomic E-state index is 12.7. The Morgan fingerprint density at radius 3 is 2.58 bits per heavy atom. The number of hydrogen-bond acceptors (Lipinski definition) is 6. The maximum atomic E-state index is 12.7. The highest BCUT2D eigenvalue weighted by Crippen LogP contribution is 2.33. The Labute approximate surface area is 194 Å². The monoisotopic (exact) mass is 445 g/mol. The number of nitrogens with zero attached hydrogens (tertiary/aromatic N) is 5. The summed E-state index contributed by atoms with van der Waals surface area (Å²) in [6.45, 7) is 8.30. The van der Waals surface area contributed by atoms with Gasteiger partial charge < -0.3 is 14.2 Å². The molecule has 1 saturated heterocycles. The molecule has 0 N–H and O–H groups in total. The van der Waals surface area contributed by atoms with Crippen molar-refractivity contribution in [3.63, 3.8) is 0 Å². The largest absolute Gasteiger partial charge is 0.497 e. The molecule has 2 aromatic heterocycles. The highest BCUT2D eigenvalue weighted by molar-refractivity contribution is 5.89. The molecule has 1 unspecified atom stereocenters. The summed E-state index contributed by atoms with van der Waals surface area (Å²) < 4.78 is 6.91. The van der Waals surface area contributed by atoms with Gasteiger partial charge in [0.1, 0.15) is 23.0 Å². The Hall–Kier alpha value is -3.37. The van der Waals surface area contributed by atoms with Crippen molar-refractivity contribution < 1.29 is 4.74 Å². The number of piperazine rings is 1. The summed E-state index contributed by atoms with van der Waals surface area (Å²) in [4.78, 5) is 22.2. The molecule has 0 radical (unpaired) electrons. The van der Waals surface area contributed by atoms with E-state index < -0.39 is 0 Å². The van der Waals surface area contributed by atoms with Crippen molar-refractivity contribution in [2.24, 2.45) is 7.05 Å². The van der Waals surface area contributed by atoms with Gasteiger partial charge in [-0.2, -0.15) is 5.26 Å². The zero-order valence-electron chi connectivity index (χ0n) is 19.9. The first-order valence-electron chi connectivity index (χ1n) is 11.4. The van der Waals surface area contributed by atoms with E-state index in [1.165, 1.54) is 5.56 Å². The molecule has 1 aliphatic heterocycles. The minimum absolute atomic E-state index is 0.0710. The minimum atomic E-state index is -0.0710. The number of aromatic nitrogens is 2. The van der Waals surface area contributed by atoms with Gasteiger partial charge in [0.25, 0.3) is 5.56 Å². The van der Waals surface area contributed by atoms with Crippen molar-refractivity contribution in [3.8, 4) is 11.8 Å². The summed E-state index contributed by atoms with van der Waals surface area (Å²) in [5.41, 5.74) is 3.80. The molecule has 0 bridgehead atoms. The summed E-state index contributed by atoms with van der Waals surface area (Å²) in [7, 11) is 3.43. The van der Waals surface area contributed by atoms with E-state index in [2.05, 4.69) is 53.8 Å². The van der Waals surface area contributed by atoms with Gasteiger partial charge >= 0.3 is 0 Å². The van der Waals surface area contributed by atoms with Gasteiger partial charge in [-0.1, -0.05) is 19.1 Å². The lowest BCUT2D eigenvalue weighted by molar-refractivity contribution is 0.106. The van der Waals surface area contributed by atoms with Crippen molar-refractivity contribution >= 4 is 16.7 Å². The highest BCUT2D eigenvalue weighted by atomic mass is 16.5. The number of rotatable bonds is 5. The molecular weight excluding hydrogens is 414 g/mol. The molecule has 0 spiro atoms. The lowest BCUT2D eigenvalue weighted by Gasteiger charge is -2.48. The second-order valence-electron chi connectivity index (χ2n) is 8.81. The van der Waals surface area contributed by atoms with E-state index in [4.69, 9.17) is 4.74 Å². The van der Waals surface area contributed by atoms with Crippen LogP contribution >= 0.6 is 0 Å². The lowest BCUT2D eigenvalue weighted by atomic mass is 9.98. The van der Waals surface area contributed by atoms with E-state index in [1.54, 1.807) is 30.9 Å². The van der Waals surface area contributed by atoms with E-state index in [0.717, 1.165) is 36.5 Å². The Morgan fingerprint density at radius 1 is 1.21 bits per heavy atom. The predicted octanol–water partition coefficient (Wildman–Crippen LogP) is 3.86. The highest BCUT2D eigenvalue weighted by Gasteiger charge is 2.35. The second-order valence-corrected chi connectivity index (χ2v) is 8.81. The number of methoxy groups -OCH3 is 1. The molecule has 3 aromatic rings. The fraction of sp³-hybridized carbons (Fsp3) is 0.423. The SMILES string of the molecule is CC[C@@H]1CN(c2cc(=O)n(C)c3ccc(C#N)nc23)[C@@H](C)CN1C(C)c1ccc(OC)cc1. The summed E-state index contributed by atoms with van der Waals surface area (Å²) >= 11 is 0. The molecule has 7 nitrogen and oxygen atoms in total. The average Bonchev–Trinajstić information content (AvgIpc) is 2.85. The Balaban J connectivity index is 1.69. The van der Waals surface area contributed by atoms with Crippen LogP contribution in [0, 0.1) is 11.3 Å². The summed E-state index contributed by atoms with van der Waals surface area (Å²) in [5.74, 6) is 0.859. The molecule has 0 saturated carbocycles. The van der Waals surface area contributed by atoms with Crippen LogP contribution in [0.3, 0.4) is 0 Å². The molecule has 4 rings (SSSR count). The van der Waals surface area contributed by atoms with Gasteiger partial charge in [0.2, 0.25) is 0 Å². The fourth-order valence-electron chi connectivity index (χ4n) is 4.91. The van der Waals surface area contributed by atoms with Crippen molar-refractivity contribution in [3.05, 3.63) is 64.1 Å². The standard InChI is InChI=1S/C26H31N5O2/c1-6-21-16-30(17(2)15-31(21)18(3)19-7-10-22(33-5)11-8-19)24-13-25(32)29(4)23-12-9-20(14-27)28-26(23)24/h7-13,17-18,21H,6,15-16H2,1-5H3/t17-,18?,21+/m0/s1. The normalized spacial score (nSPS) is 19.9. The van der Waals surface area contributed by atoms with Gasteiger partial charge in [-0.15, -0.1) is 0 Å². The second kappa shape index (κ2) is 9.24. The third-order valence-corrected chi connectivity index (χ3v) is 6.94. The van der Waals surface area contributed by atoms with Crippen molar-refractivity contribution in [2.75, 3.05) is 25.1 Å². The van der Waals surface area contributed by atoms with E-state index in [1.807, 2.05) is 18.2 Å². The summed E-state index contributed by atoms with van der Waals surface area (Å²) in [6.07, 6.45) is 0.989. The van der Waals surface area contributed by atoms with Crippen LogP contribution in [0.25, 0.3) is 11.0 Å². The number of aryl methyl sites for hydroxylation is 1. The third kappa shape index (κ3) is 4.19. The van der Waals surface area contributed by atoms with Gasteiger partial charge in [-0.05, 0) is 50.1 Å². The van der Waals surface area contributed by atoms with Crippen LogP contribution in [0.15, 0.2) is 47.3 Å². The molecule has 3 atom stereocenters. The molecule has 172 valence electrons. The molecule has 0 amide bonds. The van der Waals surface area contributed by atoms with Crippen LogP contribution in [0.5, 0.6) is 5.75 Å². The number of hydrogen-bond donors (Lipinski definition) is 0. The number of fused-ring (bicyclic) bond motifs is 1. The van der Waals surface area contributed by atoms with Gasteiger partial charge in [0.15, 0.2) is 0 Å². The fourth-order valence-corrected chi connectivity index (χ4v) is 4.91. The molecule has 0 aliphatic carbocycles. The minimum Gasteiger partial charge on any atom is -0.497 e. The van der Waals surface area contributed by atoms with Crippen LogP contribution in [-0.2, 0) is 7.05 Å². The summed E-state index contributed by atoms with van der Waals surface area (Å²) in [6, 6.07) is 16.3. The van der Waals surface area contributed by atoms with Gasteiger partial charge in [-0.3, -0.25) is 9.69 Å². The first-order valence-corrected chi connectivity index (χ1v) is 11.4. The van der Waals surface area contributed by atoms with Crippen molar-refractivity contribution in [1.82, 2.24) is 14.5 Å². The molecule has 1 aromatic carbocycles. The van der Waals surface area contributed by atoms with Gasteiger partial charge in [-0.25, -0.2) is 4.98 Å². The number of pyridine rings is 2. The predicted molar refractivity (Wildman–Crippen MR) is 131 cm³/mol. The number of anilines is 1. The molecule has 3 heterocycles. The topological polar surface area (TPSA) is 74.4 Å². The maximum Gasteiger partial charge on any atom is 0.252 e. The van der Waals surface area contributed by atoms with Crippen LogP contribution in [0.4, 0.5) is 5.69 Å². The van der Waals surface area contributed by atoms with Crippen LogP contribution in [0.1, 0.15) is 44.5 Å². The smallest absolute Gasteiger partial charge is 0.252 e.